The molecule has 0 aromatic heterocycles. The highest BCUT2D eigenvalue weighted by Gasteiger charge is 2.28. The van der Waals surface area contributed by atoms with E-state index in [9.17, 15) is 9.59 Å². The monoisotopic (exact) mass is 346 g/mol. The fourth-order valence-electron chi connectivity index (χ4n) is 2.04. The normalized spacial score (nSPS) is 10.9. The second-order valence-corrected chi connectivity index (χ2v) is 6.20. The molecule has 1 rings (SSSR count). The number of nitrogens with one attached hydrogen (secondary N) is 1. The van der Waals surface area contributed by atoms with Gasteiger partial charge in [0.15, 0.2) is 0 Å². The third-order valence-corrected chi connectivity index (χ3v) is 4.03. The van der Waals surface area contributed by atoms with E-state index >= 15 is 0 Å². The summed E-state index contributed by atoms with van der Waals surface area (Å²) in [6.07, 6.45) is 0. The van der Waals surface area contributed by atoms with Crippen molar-refractivity contribution in [2.45, 2.75) is 26.3 Å². The number of hydrogen-bond acceptors (Lipinski definition) is 5. The van der Waals surface area contributed by atoms with Gasteiger partial charge in [0, 0.05) is 12.7 Å². The molecule has 0 radical (unpaired) electrons. The lowest BCUT2D eigenvalue weighted by Crippen LogP contribution is -2.49. The molecule has 136 valence electrons. The Labute approximate surface area is 149 Å². The molecule has 0 atom stereocenters. The lowest BCUT2D eigenvalue weighted by atomic mass is 10.1. The average molecular weight is 346 g/mol. The minimum absolute atomic E-state index is 0.0775. The molecular formula is C18H26N4O3. The molecule has 0 saturated carbocycles. The lowest BCUT2D eigenvalue weighted by Gasteiger charge is -2.31. The largest absolute Gasteiger partial charge is 0.497 e. The zero-order valence-electron chi connectivity index (χ0n) is 15.5. The molecular weight excluding hydrogens is 320 g/mol. The van der Waals surface area contributed by atoms with Gasteiger partial charge in [0.1, 0.15) is 11.3 Å². The van der Waals surface area contributed by atoms with E-state index in [1.165, 1.54) is 4.90 Å². The van der Waals surface area contributed by atoms with E-state index in [4.69, 9.17) is 10.00 Å². The van der Waals surface area contributed by atoms with Crippen molar-refractivity contribution in [2.75, 3.05) is 39.1 Å². The first kappa shape index (κ1) is 20.5. The molecule has 0 unspecified atom stereocenters. The van der Waals surface area contributed by atoms with E-state index < -0.39 is 5.54 Å². The Bertz CT molecular complexity index is 635. The van der Waals surface area contributed by atoms with Gasteiger partial charge < -0.3 is 15.0 Å². The topological polar surface area (TPSA) is 85.7 Å². The number of carbonyl (C=O) groups excluding carboxylic acids is 2. The van der Waals surface area contributed by atoms with E-state index in [1.54, 1.807) is 57.2 Å². The molecule has 1 N–H and O–H groups in total. The molecule has 1 aromatic carbocycles. The van der Waals surface area contributed by atoms with Crippen molar-refractivity contribution in [3.05, 3.63) is 24.3 Å². The lowest BCUT2D eigenvalue weighted by molar-refractivity contribution is -0.134. The number of likely N-dealkylation sites (N-methyl/N-ethyl adjacent to an activating group) is 2. The van der Waals surface area contributed by atoms with Gasteiger partial charge in [0.25, 0.3) is 0 Å². The van der Waals surface area contributed by atoms with Crippen LogP contribution in [0.2, 0.25) is 0 Å². The van der Waals surface area contributed by atoms with Gasteiger partial charge in [-0.1, -0.05) is 6.92 Å². The summed E-state index contributed by atoms with van der Waals surface area (Å²) in [5.74, 6) is 0.301. The van der Waals surface area contributed by atoms with Crippen molar-refractivity contribution in [2.24, 2.45) is 0 Å². The van der Waals surface area contributed by atoms with Crippen LogP contribution in [-0.4, -0.2) is 60.9 Å². The minimum Gasteiger partial charge on any atom is -0.497 e. The van der Waals surface area contributed by atoms with Gasteiger partial charge in [-0.3, -0.25) is 14.5 Å². The Morgan fingerprint density at radius 3 is 2.32 bits per heavy atom. The van der Waals surface area contributed by atoms with Gasteiger partial charge >= 0.3 is 0 Å². The van der Waals surface area contributed by atoms with Crippen LogP contribution >= 0.6 is 0 Å². The smallest absolute Gasteiger partial charge is 0.238 e. The van der Waals surface area contributed by atoms with E-state index in [2.05, 4.69) is 11.4 Å². The van der Waals surface area contributed by atoms with Gasteiger partial charge in [0.05, 0.1) is 26.3 Å². The summed E-state index contributed by atoms with van der Waals surface area (Å²) >= 11 is 0. The summed E-state index contributed by atoms with van der Waals surface area (Å²) in [6.45, 7) is 5.95. The molecule has 0 saturated heterocycles. The number of ether oxygens (including phenoxy) is 1. The number of amides is 2. The fourth-order valence-corrected chi connectivity index (χ4v) is 2.04. The molecule has 1 aromatic rings. The Morgan fingerprint density at radius 2 is 1.84 bits per heavy atom. The Hall–Kier alpha value is -2.59. The number of rotatable bonds is 8. The molecule has 0 aliphatic carbocycles. The second-order valence-electron chi connectivity index (χ2n) is 6.20. The zero-order chi connectivity index (χ0) is 19.0. The molecule has 7 nitrogen and oxygen atoms in total. The van der Waals surface area contributed by atoms with Crippen molar-refractivity contribution in [1.29, 1.82) is 5.26 Å². The molecule has 0 heterocycles. The highest BCUT2D eigenvalue weighted by atomic mass is 16.5. The second kappa shape index (κ2) is 9.04. The minimum atomic E-state index is -0.887. The Balaban J connectivity index is 2.61. The van der Waals surface area contributed by atoms with Gasteiger partial charge in [-0.25, -0.2) is 0 Å². The third kappa shape index (κ3) is 6.08. The van der Waals surface area contributed by atoms with Crippen LogP contribution in [0.25, 0.3) is 0 Å². The van der Waals surface area contributed by atoms with E-state index in [-0.39, 0.29) is 24.9 Å². The van der Waals surface area contributed by atoms with Crippen LogP contribution in [-0.2, 0) is 9.59 Å². The molecule has 0 bridgehead atoms. The summed E-state index contributed by atoms with van der Waals surface area (Å²) in [6, 6.07) is 9.11. The van der Waals surface area contributed by atoms with Crippen LogP contribution in [0, 0.1) is 11.3 Å². The Morgan fingerprint density at radius 1 is 1.24 bits per heavy atom. The number of carbonyl (C=O) groups is 2. The highest BCUT2D eigenvalue weighted by Crippen LogP contribution is 2.15. The molecule has 0 spiro atoms. The first-order chi connectivity index (χ1) is 11.7. The van der Waals surface area contributed by atoms with E-state index in [0.29, 0.717) is 18.0 Å². The van der Waals surface area contributed by atoms with Gasteiger partial charge in [-0.05, 0) is 44.7 Å². The van der Waals surface area contributed by atoms with Crippen molar-refractivity contribution >= 4 is 17.5 Å². The van der Waals surface area contributed by atoms with Crippen LogP contribution in [0.5, 0.6) is 5.75 Å². The van der Waals surface area contributed by atoms with Crippen LogP contribution in [0.4, 0.5) is 5.69 Å². The number of hydrogen-bond donors (Lipinski definition) is 1. The SMILES string of the molecule is CCN(CC(=O)Nc1ccc(OC)cc1)CC(=O)N(C)C(C)(C)C#N. The first-order valence-electron chi connectivity index (χ1n) is 8.07. The third-order valence-electron chi connectivity index (χ3n) is 4.03. The first-order valence-corrected chi connectivity index (χ1v) is 8.07. The summed E-state index contributed by atoms with van der Waals surface area (Å²) < 4.78 is 5.07. The van der Waals surface area contributed by atoms with Crippen molar-refractivity contribution in [3.63, 3.8) is 0 Å². The summed E-state index contributed by atoms with van der Waals surface area (Å²) in [5.41, 5.74) is -0.224. The molecule has 2 amide bonds. The number of anilines is 1. The average Bonchev–Trinajstić information content (AvgIpc) is 2.60. The highest BCUT2D eigenvalue weighted by molar-refractivity contribution is 5.92. The molecule has 0 aliphatic heterocycles. The number of methoxy groups -OCH3 is 1. The predicted molar refractivity (Wildman–Crippen MR) is 96.2 cm³/mol. The maximum Gasteiger partial charge on any atom is 0.238 e. The fraction of sp³-hybridized carbons (Fsp3) is 0.500. The summed E-state index contributed by atoms with van der Waals surface area (Å²) in [4.78, 5) is 27.6. The molecule has 25 heavy (non-hydrogen) atoms. The number of nitriles is 1. The number of benzene rings is 1. The van der Waals surface area contributed by atoms with Gasteiger partial charge in [0.2, 0.25) is 11.8 Å². The van der Waals surface area contributed by atoms with E-state index in [0.717, 1.165) is 0 Å². The van der Waals surface area contributed by atoms with Gasteiger partial charge in [-0.2, -0.15) is 5.26 Å². The zero-order valence-corrected chi connectivity index (χ0v) is 15.5. The molecule has 0 fully saturated rings. The van der Waals surface area contributed by atoms with Crippen molar-refractivity contribution < 1.29 is 14.3 Å². The van der Waals surface area contributed by atoms with Crippen LogP contribution in [0.3, 0.4) is 0 Å². The predicted octanol–water partition coefficient (Wildman–Crippen LogP) is 1.72. The standard InChI is InChI=1S/C18H26N4O3/c1-6-22(12-17(24)21(4)18(2,3)13-19)11-16(23)20-14-7-9-15(25-5)10-8-14/h7-10H,6,11-12H2,1-5H3,(H,20,23). The maximum absolute atomic E-state index is 12.3. The molecule has 7 heteroatoms. The summed E-state index contributed by atoms with van der Waals surface area (Å²) in [7, 11) is 3.17. The molecule has 0 aliphatic rings. The van der Waals surface area contributed by atoms with Crippen LogP contribution in [0.1, 0.15) is 20.8 Å². The van der Waals surface area contributed by atoms with Crippen molar-refractivity contribution in [1.82, 2.24) is 9.80 Å². The number of nitrogens with zero attached hydrogens (tertiary/aromatic N) is 3. The quantitative estimate of drug-likeness (QED) is 0.774. The van der Waals surface area contributed by atoms with Gasteiger partial charge in [-0.15, -0.1) is 0 Å². The van der Waals surface area contributed by atoms with E-state index in [1.807, 2.05) is 6.92 Å². The Kier molecular flexibility index (Phi) is 7.40. The van der Waals surface area contributed by atoms with Crippen LogP contribution < -0.4 is 10.1 Å². The van der Waals surface area contributed by atoms with Crippen molar-refractivity contribution in [3.8, 4) is 11.8 Å². The maximum atomic E-state index is 12.3. The van der Waals surface area contributed by atoms with Crippen LogP contribution in [0.15, 0.2) is 24.3 Å². The summed E-state index contributed by atoms with van der Waals surface area (Å²) in [5, 5.41) is 11.9.